The van der Waals surface area contributed by atoms with Crippen molar-refractivity contribution in [2.45, 2.75) is 31.8 Å². The van der Waals surface area contributed by atoms with E-state index in [1.165, 1.54) is 0 Å². The van der Waals surface area contributed by atoms with Gasteiger partial charge in [0.2, 0.25) is 0 Å². The summed E-state index contributed by atoms with van der Waals surface area (Å²) in [6.45, 7) is 1.83. The molecular weight excluding hydrogens is 280 g/mol. The van der Waals surface area contributed by atoms with E-state index in [2.05, 4.69) is 10.6 Å². The Bertz CT molecular complexity index is 245. The Morgan fingerprint density at radius 2 is 1.00 bits per heavy atom. The normalized spacial score (nSPS) is 39.7. The lowest BCUT2D eigenvalue weighted by molar-refractivity contribution is -0.0491. The average Bonchev–Trinajstić information content (AvgIpc) is 2.45. The van der Waals surface area contributed by atoms with Crippen LogP contribution in [0, 0.1) is 11.8 Å². The number of aliphatic hydroxyl groups is 6. The Morgan fingerprint density at radius 3 is 1.24 bits per heavy atom. The van der Waals surface area contributed by atoms with Crippen LogP contribution < -0.4 is 10.6 Å². The van der Waals surface area contributed by atoms with Crippen LogP contribution in [-0.4, -0.2) is 94.4 Å². The number of piperidine rings is 2. The van der Waals surface area contributed by atoms with Crippen molar-refractivity contribution in [2.24, 2.45) is 11.8 Å². The summed E-state index contributed by atoms with van der Waals surface area (Å²) in [5.74, 6) is -0.438. The Morgan fingerprint density at radius 1 is 0.667 bits per heavy atom. The summed E-state index contributed by atoms with van der Waals surface area (Å²) >= 11 is 0. The Kier molecular flexibility index (Phi) is 10.3. The fourth-order valence-electron chi connectivity index (χ4n) is 2.29. The molecule has 1 unspecified atom stereocenters. The molecular formula is C13H30N2O6. The van der Waals surface area contributed by atoms with Gasteiger partial charge >= 0.3 is 0 Å². The van der Waals surface area contributed by atoms with Crippen molar-refractivity contribution in [3.8, 4) is 0 Å². The second kappa shape index (κ2) is 10.4. The van der Waals surface area contributed by atoms with Crippen molar-refractivity contribution >= 4 is 0 Å². The van der Waals surface area contributed by atoms with Crippen LogP contribution in [0.5, 0.6) is 0 Å². The van der Waals surface area contributed by atoms with Gasteiger partial charge in [-0.05, 0) is 0 Å². The number of β-amino-alcohol motifs (C(OH)–C–C–N with tert-alkyl or cyclic N) is 2. The fraction of sp³-hybridized carbons (Fsp3) is 1.00. The zero-order chi connectivity index (χ0) is 15.1. The van der Waals surface area contributed by atoms with Crippen molar-refractivity contribution < 1.29 is 30.6 Å². The molecule has 0 radical (unpaired) electrons. The van der Waals surface area contributed by atoms with Gasteiger partial charge in [-0.2, -0.15) is 0 Å². The van der Waals surface area contributed by atoms with Crippen molar-refractivity contribution in [3.63, 3.8) is 0 Å². The van der Waals surface area contributed by atoms with Gasteiger partial charge in [-0.3, -0.25) is 0 Å². The molecule has 21 heavy (non-hydrogen) atoms. The molecule has 0 amide bonds. The van der Waals surface area contributed by atoms with Crippen LogP contribution >= 0.6 is 0 Å². The minimum absolute atomic E-state index is 0. The summed E-state index contributed by atoms with van der Waals surface area (Å²) < 4.78 is 0. The third kappa shape index (κ3) is 6.13. The van der Waals surface area contributed by atoms with Crippen molar-refractivity contribution in [3.05, 3.63) is 0 Å². The molecule has 0 aliphatic carbocycles. The minimum atomic E-state index is -0.772. The molecule has 6 atom stereocenters. The van der Waals surface area contributed by atoms with Crippen molar-refractivity contribution in [1.29, 1.82) is 0 Å². The minimum Gasteiger partial charge on any atom is -0.396 e. The largest absolute Gasteiger partial charge is 0.396 e. The van der Waals surface area contributed by atoms with Gasteiger partial charge in [-0.25, -0.2) is 0 Å². The van der Waals surface area contributed by atoms with E-state index in [0.717, 1.165) is 0 Å². The molecule has 8 N–H and O–H groups in total. The van der Waals surface area contributed by atoms with Crippen LogP contribution in [-0.2, 0) is 0 Å². The van der Waals surface area contributed by atoms with Gasteiger partial charge in [-0.15, -0.1) is 0 Å². The number of hydrogen-bond acceptors (Lipinski definition) is 8. The van der Waals surface area contributed by atoms with Gasteiger partial charge in [0.1, 0.15) is 0 Å². The van der Waals surface area contributed by atoms with Crippen LogP contribution in [0.2, 0.25) is 0 Å². The lowest BCUT2D eigenvalue weighted by Crippen LogP contribution is -2.51. The van der Waals surface area contributed by atoms with Crippen LogP contribution in [0.3, 0.4) is 0 Å². The molecule has 0 aromatic rings. The molecule has 0 spiro atoms. The third-order valence-electron chi connectivity index (χ3n) is 3.74. The molecule has 0 aromatic carbocycles. The molecule has 2 fully saturated rings. The van der Waals surface area contributed by atoms with Crippen LogP contribution in [0.15, 0.2) is 0 Å². The van der Waals surface area contributed by atoms with Crippen LogP contribution in [0.4, 0.5) is 0 Å². The van der Waals surface area contributed by atoms with Gasteiger partial charge in [0, 0.05) is 51.2 Å². The second-order valence-electron chi connectivity index (χ2n) is 5.32. The molecule has 2 aliphatic heterocycles. The first-order valence-electron chi connectivity index (χ1n) is 6.86. The molecule has 0 saturated carbocycles. The van der Waals surface area contributed by atoms with Gasteiger partial charge in [0.05, 0.1) is 24.4 Å². The van der Waals surface area contributed by atoms with E-state index in [-0.39, 0.29) is 32.5 Å². The molecule has 128 valence electrons. The predicted octanol–water partition coefficient (Wildman–Crippen LogP) is -3.52. The predicted molar refractivity (Wildman–Crippen MR) is 77.6 cm³/mol. The highest BCUT2D eigenvalue weighted by atomic mass is 16.3. The quantitative estimate of drug-likeness (QED) is 0.262. The smallest absolute Gasteiger partial charge is 0.0927 e. The molecule has 2 aliphatic rings. The van der Waals surface area contributed by atoms with Crippen molar-refractivity contribution in [2.75, 3.05) is 39.4 Å². The molecule has 0 bridgehead atoms. The Balaban J connectivity index is 0.000000364. The summed E-state index contributed by atoms with van der Waals surface area (Å²) in [7, 11) is 0. The van der Waals surface area contributed by atoms with E-state index in [4.69, 9.17) is 20.4 Å². The van der Waals surface area contributed by atoms with Crippen LogP contribution in [0.25, 0.3) is 0 Å². The monoisotopic (exact) mass is 310 g/mol. The van der Waals surface area contributed by atoms with Gasteiger partial charge in [0.25, 0.3) is 0 Å². The Labute approximate surface area is 125 Å². The van der Waals surface area contributed by atoms with E-state index < -0.39 is 24.4 Å². The van der Waals surface area contributed by atoms with E-state index in [0.29, 0.717) is 26.2 Å². The summed E-state index contributed by atoms with van der Waals surface area (Å²) in [6.07, 6.45) is -3.01. The van der Waals surface area contributed by atoms with Gasteiger partial charge in [0.15, 0.2) is 0 Å². The highest BCUT2D eigenvalue weighted by molar-refractivity contribution is 4.84. The second-order valence-corrected chi connectivity index (χ2v) is 5.32. The summed E-state index contributed by atoms with van der Waals surface area (Å²) in [6, 6.07) is 0. The highest BCUT2D eigenvalue weighted by Gasteiger charge is 2.30. The zero-order valence-electron chi connectivity index (χ0n) is 11.4. The van der Waals surface area contributed by atoms with E-state index in [9.17, 15) is 10.2 Å². The zero-order valence-corrected chi connectivity index (χ0v) is 11.4. The maximum absolute atomic E-state index is 9.19. The first-order valence-corrected chi connectivity index (χ1v) is 6.86. The van der Waals surface area contributed by atoms with E-state index in [1.807, 2.05) is 0 Å². The maximum atomic E-state index is 9.19. The molecule has 0 aromatic heterocycles. The van der Waals surface area contributed by atoms with Crippen molar-refractivity contribution in [1.82, 2.24) is 10.6 Å². The number of nitrogens with one attached hydrogen (secondary N) is 2. The molecule has 2 rings (SSSR count). The highest BCUT2D eigenvalue weighted by Crippen LogP contribution is 2.11. The number of hydrogen-bond donors (Lipinski definition) is 8. The van der Waals surface area contributed by atoms with Gasteiger partial charge < -0.3 is 41.3 Å². The number of rotatable bonds is 2. The third-order valence-corrected chi connectivity index (χ3v) is 3.74. The van der Waals surface area contributed by atoms with E-state index >= 15 is 0 Å². The summed E-state index contributed by atoms with van der Waals surface area (Å²) in [5, 5.41) is 59.6. The Hall–Kier alpha value is -0.320. The molecule has 2 heterocycles. The van der Waals surface area contributed by atoms with Crippen LogP contribution in [0.1, 0.15) is 7.43 Å². The lowest BCUT2D eigenvalue weighted by atomic mass is 9.95. The standard InChI is InChI=1S/2C6H13NO3.CH4/c2*8-3-4-1-7-2-5(9)6(4)10;/h2*4-10H,1-3H2;1H4/t4?,5-,6-;4-,5-,6-;/m11./s1. The van der Waals surface area contributed by atoms with Gasteiger partial charge in [-0.1, -0.05) is 7.43 Å². The molecule has 8 nitrogen and oxygen atoms in total. The first-order chi connectivity index (χ1) is 9.51. The number of aliphatic hydroxyl groups excluding tert-OH is 6. The summed E-state index contributed by atoms with van der Waals surface area (Å²) in [4.78, 5) is 0. The maximum Gasteiger partial charge on any atom is 0.0927 e. The topological polar surface area (TPSA) is 145 Å². The SMILES string of the molecule is C.OCC1CNC[C@@H](O)[C@@H]1O.OC[C@H]1CNC[C@@H](O)[C@@H]1O. The first kappa shape index (κ1) is 20.7. The fourth-order valence-corrected chi connectivity index (χ4v) is 2.29. The molecule has 2 saturated heterocycles. The lowest BCUT2D eigenvalue weighted by Gasteiger charge is -2.30. The average molecular weight is 310 g/mol. The van der Waals surface area contributed by atoms with E-state index in [1.54, 1.807) is 0 Å². The molecule has 8 heteroatoms. The summed E-state index contributed by atoms with van der Waals surface area (Å²) in [5.41, 5.74) is 0.